The van der Waals surface area contributed by atoms with E-state index in [1.54, 1.807) is 0 Å². The molecular weight excluding hydrogens is 242 g/mol. The smallest absolute Gasteiger partial charge is 0.257 e. The lowest BCUT2D eigenvalue weighted by atomic mass is 9.87. The van der Waals surface area contributed by atoms with Crippen molar-refractivity contribution in [3.8, 4) is 0 Å². The van der Waals surface area contributed by atoms with E-state index in [0.29, 0.717) is 13.0 Å². The fraction of sp³-hybridized carbons (Fsp3) is 0.700. The monoisotopic (exact) mass is 259 g/mol. The molecule has 0 spiro atoms. The van der Waals surface area contributed by atoms with Crippen molar-refractivity contribution in [3.05, 3.63) is 12.3 Å². The molecule has 1 saturated carbocycles. The number of rotatable bonds is 4. The van der Waals surface area contributed by atoms with Gasteiger partial charge in [-0.15, -0.1) is 0 Å². The zero-order valence-electron chi connectivity index (χ0n) is 9.46. The van der Waals surface area contributed by atoms with E-state index in [1.165, 1.54) is 12.3 Å². The van der Waals surface area contributed by atoms with Gasteiger partial charge in [0, 0.05) is 6.54 Å². The Kier molecular flexibility index (Phi) is 3.80. The number of aromatic amines is 1. The Bertz CT molecular complexity index is 443. The topological polar surface area (TPSA) is 95.1 Å². The molecule has 0 amide bonds. The third-order valence-corrected chi connectivity index (χ3v) is 4.43. The van der Waals surface area contributed by atoms with E-state index in [-0.39, 0.29) is 17.0 Å². The Morgan fingerprint density at radius 2 is 2.35 bits per heavy atom. The molecule has 0 saturated heterocycles. The van der Waals surface area contributed by atoms with Crippen LogP contribution in [0.25, 0.3) is 0 Å². The van der Waals surface area contributed by atoms with Gasteiger partial charge in [0.2, 0.25) is 0 Å². The summed E-state index contributed by atoms with van der Waals surface area (Å²) in [5, 5.41) is 15.6. The number of aromatic nitrogens is 2. The summed E-state index contributed by atoms with van der Waals surface area (Å²) in [5.74, 6) is 0.219. The average Bonchev–Trinajstić information content (AvgIpc) is 2.81. The van der Waals surface area contributed by atoms with Gasteiger partial charge in [0.25, 0.3) is 10.0 Å². The van der Waals surface area contributed by atoms with E-state index in [1.807, 2.05) is 0 Å². The molecule has 3 N–H and O–H groups in total. The van der Waals surface area contributed by atoms with Crippen LogP contribution in [-0.2, 0) is 10.0 Å². The second-order valence-electron chi connectivity index (χ2n) is 4.46. The number of nitrogens with one attached hydrogen (secondary N) is 2. The predicted molar refractivity (Wildman–Crippen MR) is 61.7 cm³/mol. The second-order valence-corrected chi connectivity index (χ2v) is 6.19. The van der Waals surface area contributed by atoms with Crippen LogP contribution in [0.5, 0.6) is 0 Å². The van der Waals surface area contributed by atoms with Crippen molar-refractivity contribution >= 4 is 10.0 Å². The van der Waals surface area contributed by atoms with Crippen molar-refractivity contribution in [1.29, 1.82) is 0 Å². The number of aliphatic hydroxyl groups excluding tert-OH is 1. The molecule has 0 aromatic carbocycles. The molecule has 0 bridgehead atoms. The van der Waals surface area contributed by atoms with E-state index in [4.69, 9.17) is 0 Å². The van der Waals surface area contributed by atoms with E-state index in [2.05, 4.69) is 14.9 Å². The molecule has 0 radical (unpaired) electrons. The average molecular weight is 259 g/mol. The Morgan fingerprint density at radius 3 is 3.00 bits per heavy atom. The molecule has 7 heteroatoms. The van der Waals surface area contributed by atoms with Crippen LogP contribution in [0.4, 0.5) is 0 Å². The highest BCUT2D eigenvalue weighted by Gasteiger charge is 2.23. The molecule has 0 aliphatic heterocycles. The van der Waals surface area contributed by atoms with Gasteiger partial charge in [-0.2, -0.15) is 5.10 Å². The lowest BCUT2D eigenvalue weighted by molar-refractivity contribution is 0.102. The SMILES string of the molecule is O=S(=O)(NCC1CCCC(O)C1)c1ccn[nH]1. The van der Waals surface area contributed by atoms with Gasteiger partial charge in [0.05, 0.1) is 12.3 Å². The van der Waals surface area contributed by atoms with Gasteiger partial charge in [-0.1, -0.05) is 6.42 Å². The lowest BCUT2D eigenvalue weighted by Gasteiger charge is -2.25. The van der Waals surface area contributed by atoms with Crippen molar-refractivity contribution in [2.75, 3.05) is 6.54 Å². The summed E-state index contributed by atoms with van der Waals surface area (Å²) in [6.07, 6.45) is 4.53. The number of hydrogen-bond acceptors (Lipinski definition) is 4. The van der Waals surface area contributed by atoms with E-state index in [9.17, 15) is 13.5 Å². The van der Waals surface area contributed by atoms with Crippen LogP contribution in [0, 0.1) is 5.92 Å². The van der Waals surface area contributed by atoms with Crippen molar-refractivity contribution in [2.45, 2.75) is 36.8 Å². The number of nitrogens with zero attached hydrogens (tertiary/aromatic N) is 1. The quantitative estimate of drug-likeness (QED) is 0.721. The second kappa shape index (κ2) is 5.16. The first-order chi connectivity index (χ1) is 8.08. The summed E-state index contributed by atoms with van der Waals surface area (Å²) in [4.78, 5) is 0. The fourth-order valence-corrected chi connectivity index (χ4v) is 3.17. The summed E-state index contributed by atoms with van der Waals surface area (Å²) in [7, 11) is -3.48. The van der Waals surface area contributed by atoms with Crippen LogP contribution in [-0.4, -0.2) is 36.4 Å². The van der Waals surface area contributed by atoms with E-state index >= 15 is 0 Å². The van der Waals surface area contributed by atoms with Gasteiger partial charge < -0.3 is 5.11 Å². The van der Waals surface area contributed by atoms with Gasteiger partial charge in [-0.3, -0.25) is 5.10 Å². The Balaban J connectivity index is 1.89. The number of H-pyrrole nitrogens is 1. The van der Waals surface area contributed by atoms with Crippen molar-refractivity contribution < 1.29 is 13.5 Å². The molecule has 2 rings (SSSR count). The molecule has 1 aromatic heterocycles. The standard InChI is InChI=1S/C10H17N3O3S/c14-9-3-1-2-8(6-9)7-12-17(15,16)10-4-5-11-13-10/h4-5,8-9,12,14H,1-3,6-7H2,(H,11,13). The molecule has 2 unspecified atom stereocenters. The molecule has 6 nitrogen and oxygen atoms in total. The number of sulfonamides is 1. The normalized spacial score (nSPS) is 25.9. The van der Waals surface area contributed by atoms with Crippen molar-refractivity contribution in [3.63, 3.8) is 0 Å². The molecule has 1 aliphatic carbocycles. The van der Waals surface area contributed by atoms with Crippen LogP contribution in [0.1, 0.15) is 25.7 Å². The molecule has 1 fully saturated rings. The summed E-state index contributed by atoms with van der Waals surface area (Å²) < 4.78 is 26.1. The summed E-state index contributed by atoms with van der Waals surface area (Å²) >= 11 is 0. The molecule has 1 heterocycles. The van der Waals surface area contributed by atoms with Gasteiger partial charge >= 0.3 is 0 Å². The van der Waals surface area contributed by atoms with Gasteiger partial charge in [-0.25, -0.2) is 13.1 Å². The minimum Gasteiger partial charge on any atom is -0.393 e. The Morgan fingerprint density at radius 1 is 1.53 bits per heavy atom. The maximum Gasteiger partial charge on any atom is 0.257 e. The molecule has 17 heavy (non-hydrogen) atoms. The number of hydrogen-bond donors (Lipinski definition) is 3. The highest BCUT2D eigenvalue weighted by molar-refractivity contribution is 7.89. The Hall–Kier alpha value is -0.920. The van der Waals surface area contributed by atoms with Crippen LogP contribution in [0.2, 0.25) is 0 Å². The molecule has 1 aromatic rings. The summed E-state index contributed by atoms with van der Waals surface area (Å²) in [5.41, 5.74) is 0. The third kappa shape index (κ3) is 3.27. The van der Waals surface area contributed by atoms with E-state index in [0.717, 1.165) is 19.3 Å². The van der Waals surface area contributed by atoms with Crippen LogP contribution >= 0.6 is 0 Å². The molecule has 96 valence electrons. The van der Waals surface area contributed by atoms with Crippen LogP contribution in [0.3, 0.4) is 0 Å². The van der Waals surface area contributed by atoms with Gasteiger partial charge in [-0.05, 0) is 31.2 Å². The summed E-state index contributed by atoms with van der Waals surface area (Å²) in [6.45, 7) is 0.373. The first-order valence-electron chi connectivity index (χ1n) is 5.75. The first kappa shape index (κ1) is 12.5. The third-order valence-electron chi connectivity index (χ3n) is 3.08. The maximum atomic E-state index is 11.8. The number of aliphatic hydroxyl groups is 1. The van der Waals surface area contributed by atoms with Crippen LogP contribution in [0.15, 0.2) is 17.3 Å². The zero-order chi connectivity index (χ0) is 12.3. The van der Waals surface area contributed by atoms with E-state index < -0.39 is 10.0 Å². The molecule has 2 atom stereocenters. The van der Waals surface area contributed by atoms with Crippen molar-refractivity contribution in [2.24, 2.45) is 5.92 Å². The van der Waals surface area contributed by atoms with Gasteiger partial charge in [0.15, 0.2) is 5.03 Å². The molecule has 1 aliphatic rings. The zero-order valence-corrected chi connectivity index (χ0v) is 10.3. The maximum absolute atomic E-state index is 11.8. The predicted octanol–water partition coefficient (Wildman–Crippen LogP) is 0.239. The highest BCUT2D eigenvalue weighted by Crippen LogP contribution is 2.23. The highest BCUT2D eigenvalue weighted by atomic mass is 32.2. The lowest BCUT2D eigenvalue weighted by Crippen LogP contribution is -2.33. The minimum absolute atomic E-state index is 0.0776. The first-order valence-corrected chi connectivity index (χ1v) is 7.23. The van der Waals surface area contributed by atoms with Crippen LogP contribution < -0.4 is 4.72 Å². The molecular formula is C10H17N3O3S. The summed E-state index contributed by atoms with van der Waals surface area (Å²) in [6, 6.07) is 1.41. The fourth-order valence-electron chi connectivity index (χ4n) is 2.15. The largest absolute Gasteiger partial charge is 0.393 e. The Labute approximate surface area is 100 Å². The van der Waals surface area contributed by atoms with Gasteiger partial charge in [0.1, 0.15) is 0 Å². The van der Waals surface area contributed by atoms with Crippen molar-refractivity contribution in [1.82, 2.24) is 14.9 Å². The minimum atomic E-state index is -3.48.